The zero-order valence-electron chi connectivity index (χ0n) is 15.4. The van der Waals surface area contributed by atoms with Crippen molar-refractivity contribution in [3.63, 3.8) is 0 Å². The van der Waals surface area contributed by atoms with Crippen LogP contribution in [0, 0.1) is 12.2 Å². The first kappa shape index (κ1) is 22.9. The lowest BCUT2D eigenvalue weighted by Crippen LogP contribution is -2.24. The van der Waals surface area contributed by atoms with Gasteiger partial charge in [0.2, 0.25) is 0 Å². The van der Waals surface area contributed by atoms with Crippen molar-refractivity contribution in [1.82, 2.24) is 0 Å². The highest BCUT2D eigenvalue weighted by atomic mass is 35.5. The molecule has 158 valence electrons. The van der Waals surface area contributed by atoms with Crippen molar-refractivity contribution in [2.45, 2.75) is 19.2 Å². The third-order valence-electron chi connectivity index (χ3n) is 3.35. The first-order valence-corrected chi connectivity index (χ1v) is 8.80. The van der Waals surface area contributed by atoms with Crippen molar-refractivity contribution < 1.29 is 41.7 Å². The molecule has 0 aromatic heterocycles. The molecule has 0 radical (unpaired) electrons. The Kier molecular flexibility index (Phi) is 7.95. The van der Waals surface area contributed by atoms with Crippen molar-refractivity contribution in [3.05, 3.63) is 54.1 Å². The SMILES string of the molecule is CC(Oc1ccc(Oc2ccc(C(F)(F)F)cc2)cc1)C(=O)OC#COC(=O)CCl. The summed E-state index contributed by atoms with van der Waals surface area (Å²) in [5, 5.41) is 0. The number of benzene rings is 2. The summed E-state index contributed by atoms with van der Waals surface area (Å²) in [6.07, 6.45) is -1.68. The molecule has 2 aromatic rings. The minimum absolute atomic E-state index is 0.224. The van der Waals surface area contributed by atoms with Gasteiger partial charge in [-0.15, -0.1) is 11.6 Å². The molecular formula is C20H14ClF3O6. The second-order valence-electron chi connectivity index (χ2n) is 5.59. The van der Waals surface area contributed by atoms with Crippen LogP contribution in [0.3, 0.4) is 0 Å². The zero-order valence-corrected chi connectivity index (χ0v) is 16.1. The molecule has 0 spiro atoms. The predicted molar refractivity (Wildman–Crippen MR) is 98.7 cm³/mol. The van der Waals surface area contributed by atoms with E-state index in [1.165, 1.54) is 43.3 Å². The third-order valence-corrected chi connectivity index (χ3v) is 3.57. The minimum Gasteiger partial charge on any atom is -0.479 e. The molecule has 0 aliphatic carbocycles. The van der Waals surface area contributed by atoms with Gasteiger partial charge in [0.25, 0.3) is 0 Å². The van der Waals surface area contributed by atoms with Crippen molar-refractivity contribution >= 4 is 23.5 Å². The lowest BCUT2D eigenvalue weighted by atomic mass is 10.2. The Morgan fingerprint density at radius 2 is 1.43 bits per heavy atom. The Balaban J connectivity index is 1.88. The summed E-state index contributed by atoms with van der Waals surface area (Å²) in [4.78, 5) is 22.5. The molecule has 1 unspecified atom stereocenters. The first-order chi connectivity index (χ1) is 14.2. The number of ether oxygens (including phenoxy) is 4. The number of carbonyl (C=O) groups excluding carboxylic acids is 2. The average Bonchev–Trinajstić information content (AvgIpc) is 2.72. The highest BCUT2D eigenvalue weighted by Crippen LogP contribution is 2.31. The summed E-state index contributed by atoms with van der Waals surface area (Å²) in [5.74, 6) is -1.12. The molecule has 30 heavy (non-hydrogen) atoms. The summed E-state index contributed by atoms with van der Waals surface area (Å²) >= 11 is 5.19. The van der Waals surface area contributed by atoms with Crippen LogP contribution in [-0.2, 0) is 25.2 Å². The van der Waals surface area contributed by atoms with Crippen molar-refractivity contribution in [3.8, 4) is 29.5 Å². The van der Waals surface area contributed by atoms with Gasteiger partial charge in [-0.1, -0.05) is 0 Å². The standard InChI is InChI=1S/C20H14ClF3O6/c1-13(19(26)28-11-10-27-18(25)12-21)29-15-6-8-17(9-7-15)30-16-4-2-14(3-5-16)20(22,23)24/h2-9,13H,12H2,1H3. The number of hydrogen-bond acceptors (Lipinski definition) is 6. The molecule has 1 atom stereocenters. The normalized spacial score (nSPS) is 11.5. The molecule has 0 aliphatic rings. The van der Waals surface area contributed by atoms with E-state index in [9.17, 15) is 22.8 Å². The van der Waals surface area contributed by atoms with Gasteiger partial charge in [-0.2, -0.15) is 13.2 Å². The fraction of sp³-hybridized carbons (Fsp3) is 0.200. The molecule has 6 nitrogen and oxygen atoms in total. The van der Waals surface area contributed by atoms with Crippen molar-refractivity contribution in [1.29, 1.82) is 0 Å². The van der Waals surface area contributed by atoms with E-state index < -0.39 is 29.8 Å². The van der Waals surface area contributed by atoms with Crippen LogP contribution in [0.15, 0.2) is 48.5 Å². The van der Waals surface area contributed by atoms with Gasteiger partial charge in [0.15, 0.2) is 18.3 Å². The molecule has 0 heterocycles. The number of hydrogen-bond donors (Lipinski definition) is 0. The van der Waals surface area contributed by atoms with Crippen LogP contribution >= 0.6 is 11.6 Å². The highest BCUT2D eigenvalue weighted by Gasteiger charge is 2.30. The minimum atomic E-state index is -4.42. The molecule has 0 fully saturated rings. The monoisotopic (exact) mass is 442 g/mol. The summed E-state index contributed by atoms with van der Waals surface area (Å²) in [6.45, 7) is 1.42. The lowest BCUT2D eigenvalue weighted by molar-refractivity contribution is -0.144. The van der Waals surface area contributed by atoms with Crippen LogP contribution in [0.5, 0.6) is 17.2 Å². The van der Waals surface area contributed by atoms with E-state index in [0.717, 1.165) is 12.1 Å². The van der Waals surface area contributed by atoms with Gasteiger partial charge in [0, 0.05) is 0 Å². The maximum Gasteiger partial charge on any atom is 0.416 e. The largest absolute Gasteiger partial charge is 0.479 e. The van der Waals surface area contributed by atoms with Gasteiger partial charge < -0.3 is 18.9 Å². The number of rotatable bonds is 6. The predicted octanol–water partition coefficient (Wildman–Crippen LogP) is 4.51. The molecular weight excluding hydrogens is 429 g/mol. The third kappa shape index (κ3) is 7.22. The summed E-state index contributed by atoms with van der Waals surface area (Å²) in [5.41, 5.74) is -0.777. The molecule has 2 aromatic carbocycles. The Hall–Kier alpha value is -3.38. The molecule has 0 bridgehead atoms. The lowest BCUT2D eigenvalue weighted by Gasteiger charge is -2.12. The summed E-state index contributed by atoms with van der Waals surface area (Å²) in [6, 6.07) is 10.3. The van der Waals surface area contributed by atoms with E-state index >= 15 is 0 Å². The van der Waals surface area contributed by atoms with Gasteiger partial charge >= 0.3 is 18.1 Å². The zero-order chi connectivity index (χ0) is 22.1. The maximum atomic E-state index is 12.6. The summed E-state index contributed by atoms with van der Waals surface area (Å²) in [7, 11) is 0. The highest BCUT2D eigenvalue weighted by molar-refractivity contribution is 6.26. The fourth-order valence-electron chi connectivity index (χ4n) is 1.95. The Labute approximate surface area is 174 Å². The summed E-state index contributed by atoms with van der Waals surface area (Å²) < 4.78 is 57.4. The Morgan fingerprint density at radius 1 is 0.933 bits per heavy atom. The molecule has 10 heteroatoms. The average molecular weight is 443 g/mol. The molecule has 0 saturated heterocycles. The van der Waals surface area contributed by atoms with Crippen LogP contribution in [0.25, 0.3) is 0 Å². The van der Waals surface area contributed by atoms with Crippen LogP contribution in [0.1, 0.15) is 12.5 Å². The number of halogens is 4. The Morgan fingerprint density at radius 3 is 1.97 bits per heavy atom. The van der Waals surface area contributed by atoms with Crippen molar-refractivity contribution in [2.75, 3.05) is 5.88 Å². The van der Waals surface area contributed by atoms with Crippen LogP contribution in [0.4, 0.5) is 13.2 Å². The molecule has 0 amide bonds. The van der Waals surface area contributed by atoms with Gasteiger partial charge in [-0.3, -0.25) is 0 Å². The van der Waals surface area contributed by atoms with Gasteiger partial charge in [0.1, 0.15) is 23.1 Å². The van der Waals surface area contributed by atoms with E-state index in [4.69, 9.17) is 21.1 Å². The van der Waals surface area contributed by atoms with Crippen LogP contribution in [-0.4, -0.2) is 23.9 Å². The Bertz CT molecular complexity index is 930. The van der Waals surface area contributed by atoms with Crippen LogP contribution in [0.2, 0.25) is 0 Å². The number of alkyl halides is 4. The maximum absolute atomic E-state index is 12.6. The van der Waals surface area contributed by atoms with Gasteiger partial charge in [-0.05, 0) is 55.5 Å². The molecule has 0 saturated carbocycles. The fourth-order valence-corrected chi connectivity index (χ4v) is 2.00. The van der Waals surface area contributed by atoms with E-state index in [2.05, 4.69) is 9.47 Å². The second kappa shape index (κ2) is 10.4. The van der Waals surface area contributed by atoms with Gasteiger partial charge in [0.05, 0.1) is 5.56 Å². The second-order valence-corrected chi connectivity index (χ2v) is 5.86. The van der Waals surface area contributed by atoms with E-state index in [-0.39, 0.29) is 11.6 Å². The topological polar surface area (TPSA) is 71.1 Å². The molecule has 0 aliphatic heterocycles. The van der Waals surface area contributed by atoms with Crippen molar-refractivity contribution in [2.24, 2.45) is 0 Å². The quantitative estimate of drug-likeness (QED) is 0.372. The molecule has 0 N–H and O–H groups in total. The van der Waals surface area contributed by atoms with E-state index in [1.807, 2.05) is 12.2 Å². The number of carbonyl (C=O) groups is 2. The van der Waals surface area contributed by atoms with E-state index in [1.54, 1.807) is 0 Å². The molecule has 2 rings (SSSR count). The van der Waals surface area contributed by atoms with Crippen LogP contribution < -0.4 is 9.47 Å². The first-order valence-electron chi connectivity index (χ1n) is 8.27. The smallest absolute Gasteiger partial charge is 0.416 e. The number of esters is 2. The van der Waals surface area contributed by atoms with E-state index in [0.29, 0.717) is 11.5 Å². The van der Waals surface area contributed by atoms with Gasteiger partial charge in [-0.25, -0.2) is 9.59 Å².